The van der Waals surface area contributed by atoms with Crippen molar-refractivity contribution in [2.75, 3.05) is 19.6 Å². The first-order valence-corrected chi connectivity index (χ1v) is 6.89. The molecule has 0 saturated carbocycles. The highest BCUT2D eigenvalue weighted by molar-refractivity contribution is 5.88. The summed E-state index contributed by atoms with van der Waals surface area (Å²) in [5, 5.41) is 3.10. The standard InChI is InChI=1S/C13H23N3O3/c1-7-8(2)19-9(3)11(7)13(18)16-5-4-15-6-10(16)12(14)17/h7-11,15H,4-6H2,1-3H3,(H2,14,17). The summed E-state index contributed by atoms with van der Waals surface area (Å²) in [5.41, 5.74) is 5.39. The van der Waals surface area contributed by atoms with Crippen LogP contribution in [0.2, 0.25) is 0 Å². The SMILES string of the molecule is CC1OC(C)C(C(=O)N2CCNCC2C(N)=O)C1C. The van der Waals surface area contributed by atoms with Crippen LogP contribution >= 0.6 is 0 Å². The molecule has 2 aliphatic rings. The summed E-state index contributed by atoms with van der Waals surface area (Å²) in [4.78, 5) is 25.8. The molecular formula is C13H23N3O3. The quantitative estimate of drug-likeness (QED) is 0.696. The fraction of sp³-hybridized carbons (Fsp3) is 0.846. The van der Waals surface area contributed by atoms with Crippen molar-refractivity contribution in [1.29, 1.82) is 0 Å². The molecule has 0 bridgehead atoms. The number of primary amides is 1. The van der Waals surface area contributed by atoms with Crippen LogP contribution in [0.15, 0.2) is 0 Å². The summed E-state index contributed by atoms with van der Waals surface area (Å²) in [6.07, 6.45) is -0.0418. The largest absolute Gasteiger partial charge is 0.374 e. The molecule has 2 heterocycles. The van der Waals surface area contributed by atoms with Crippen molar-refractivity contribution in [2.24, 2.45) is 17.6 Å². The average molecular weight is 269 g/mol. The van der Waals surface area contributed by atoms with Gasteiger partial charge >= 0.3 is 0 Å². The van der Waals surface area contributed by atoms with Crippen LogP contribution in [0, 0.1) is 11.8 Å². The third-order valence-corrected chi connectivity index (χ3v) is 4.38. The number of nitrogens with one attached hydrogen (secondary N) is 1. The molecule has 19 heavy (non-hydrogen) atoms. The summed E-state index contributed by atoms with van der Waals surface area (Å²) in [6, 6.07) is -0.545. The number of nitrogens with zero attached hydrogens (tertiary/aromatic N) is 1. The molecule has 5 atom stereocenters. The second kappa shape index (κ2) is 5.46. The Morgan fingerprint density at radius 1 is 1.26 bits per heavy atom. The molecule has 0 aromatic carbocycles. The first-order chi connectivity index (χ1) is 8.93. The van der Waals surface area contributed by atoms with E-state index in [0.717, 1.165) is 0 Å². The van der Waals surface area contributed by atoms with E-state index >= 15 is 0 Å². The number of carbonyl (C=O) groups is 2. The Kier molecular flexibility index (Phi) is 4.10. The van der Waals surface area contributed by atoms with Gasteiger partial charge in [0.25, 0.3) is 0 Å². The summed E-state index contributed by atoms with van der Waals surface area (Å²) in [5.74, 6) is -0.483. The Balaban J connectivity index is 2.15. The van der Waals surface area contributed by atoms with Crippen molar-refractivity contribution < 1.29 is 14.3 Å². The van der Waals surface area contributed by atoms with Crippen molar-refractivity contribution in [2.45, 2.75) is 39.0 Å². The van der Waals surface area contributed by atoms with Crippen molar-refractivity contribution in [3.05, 3.63) is 0 Å². The summed E-state index contributed by atoms with van der Waals surface area (Å²) >= 11 is 0. The topological polar surface area (TPSA) is 84.7 Å². The third kappa shape index (κ3) is 2.60. The third-order valence-electron chi connectivity index (χ3n) is 4.38. The average Bonchev–Trinajstić information content (AvgIpc) is 2.62. The van der Waals surface area contributed by atoms with Crippen molar-refractivity contribution in [1.82, 2.24) is 10.2 Å². The predicted molar refractivity (Wildman–Crippen MR) is 70.2 cm³/mol. The highest BCUT2D eigenvalue weighted by Gasteiger charge is 2.45. The minimum atomic E-state index is -0.545. The second-order valence-corrected chi connectivity index (χ2v) is 5.59. The molecule has 0 aliphatic carbocycles. The van der Waals surface area contributed by atoms with Crippen LogP contribution in [-0.2, 0) is 14.3 Å². The van der Waals surface area contributed by atoms with Gasteiger partial charge in [-0.05, 0) is 19.8 Å². The van der Waals surface area contributed by atoms with Crippen LogP contribution in [0.4, 0.5) is 0 Å². The maximum Gasteiger partial charge on any atom is 0.241 e. The first-order valence-electron chi connectivity index (χ1n) is 6.89. The molecule has 3 N–H and O–H groups in total. The molecule has 2 saturated heterocycles. The smallest absolute Gasteiger partial charge is 0.241 e. The van der Waals surface area contributed by atoms with Crippen molar-refractivity contribution in [3.63, 3.8) is 0 Å². The zero-order valence-electron chi connectivity index (χ0n) is 11.8. The van der Waals surface area contributed by atoms with Gasteiger partial charge in [-0.3, -0.25) is 9.59 Å². The van der Waals surface area contributed by atoms with Crippen LogP contribution in [0.1, 0.15) is 20.8 Å². The number of piperazine rings is 1. The van der Waals surface area contributed by atoms with E-state index in [1.807, 2.05) is 20.8 Å². The molecule has 2 rings (SSSR count). The van der Waals surface area contributed by atoms with E-state index in [1.54, 1.807) is 4.90 Å². The highest BCUT2D eigenvalue weighted by Crippen LogP contribution is 2.34. The number of ether oxygens (including phenoxy) is 1. The lowest BCUT2D eigenvalue weighted by molar-refractivity contribution is -0.145. The van der Waals surface area contributed by atoms with Crippen LogP contribution < -0.4 is 11.1 Å². The molecule has 6 heteroatoms. The fourth-order valence-electron chi connectivity index (χ4n) is 3.11. The lowest BCUT2D eigenvalue weighted by Gasteiger charge is -2.37. The Morgan fingerprint density at radius 2 is 1.95 bits per heavy atom. The molecule has 108 valence electrons. The van der Waals surface area contributed by atoms with Gasteiger partial charge in [-0.2, -0.15) is 0 Å². The van der Waals surface area contributed by atoms with E-state index in [-0.39, 0.29) is 30.0 Å². The minimum absolute atomic E-state index is 0.00495. The van der Waals surface area contributed by atoms with Crippen LogP contribution in [0.3, 0.4) is 0 Å². The van der Waals surface area contributed by atoms with Gasteiger partial charge in [-0.1, -0.05) is 6.92 Å². The van der Waals surface area contributed by atoms with Gasteiger partial charge in [0.2, 0.25) is 11.8 Å². The van der Waals surface area contributed by atoms with E-state index in [0.29, 0.717) is 19.6 Å². The Hall–Kier alpha value is -1.14. The second-order valence-electron chi connectivity index (χ2n) is 5.59. The van der Waals surface area contributed by atoms with Crippen LogP contribution in [0.25, 0.3) is 0 Å². The maximum atomic E-state index is 12.7. The Labute approximate surface area is 113 Å². The van der Waals surface area contributed by atoms with Crippen molar-refractivity contribution in [3.8, 4) is 0 Å². The van der Waals surface area contributed by atoms with E-state index in [9.17, 15) is 9.59 Å². The molecule has 0 aromatic heterocycles. The van der Waals surface area contributed by atoms with Gasteiger partial charge < -0.3 is 20.7 Å². The van der Waals surface area contributed by atoms with Crippen LogP contribution in [0.5, 0.6) is 0 Å². The van der Waals surface area contributed by atoms with Gasteiger partial charge in [0, 0.05) is 19.6 Å². The summed E-state index contributed by atoms with van der Waals surface area (Å²) in [6.45, 7) is 7.59. The maximum absolute atomic E-state index is 12.7. The Morgan fingerprint density at radius 3 is 2.47 bits per heavy atom. The van der Waals surface area contributed by atoms with E-state index in [2.05, 4.69) is 5.32 Å². The predicted octanol–water partition coefficient (Wildman–Crippen LogP) is -0.668. The van der Waals surface area contributed by atoms with Crippen LogP contribution in [-0.4, -0.2) is 54.6 Å². The number of hydrogen-bond acceptors (Lipinski definition) is 4. The molecule has 0 radical (unpaired) electrons. The number of carbonyl (C=O) groups excluding carboxylic acids is 2. The number of amides is 2. The Bertz CT molecular complexity index is 374. The molecule has 0 spiro atoms. The molecule has 2 aliphatic heterocycles. The summed E-state index contributed by atoms with van der Waals surface area (Å²) in [7, 11) is 0. The van der Waals surface area contributed by atoms with E-state index in [4.69, 9.17) is 10.5 Å². The molecule has 0 aromatic rings. The lowest BCUT2D eigenvalue weighted by Crippen LogP contribution is -2.60. The van der Waals surface area contributed by atoms with E-state index in [1.165, 1.54) is 0 Å². The number of hydrogen-bond donors (Lipinski definition) is 2. The highest BCUT2D eigenvalue weighted by atomic mass is 16.5. The van der Waals surface area contributed by atoms with Gasteiger partial charge in [-0.15, -0.1) is 0 Å². The minimum Gasteiger partial charge on any atom is -0.374 e. The lowest BCUT2D eigenvalue weighted by atomic mass is 9.87. The summed E-state index contributed by atoms with van der Waals surface area (Å²) < 4.78 is 5.71. The zero-order chi connectivity index (χ0) is 14.2. The van der Waals surface area contributed by atoms with Gasteiger partial charge in [0.1, 0.15) is 6.04 Å². The number of nitrogens with two attached hydrogens (primary N) is 1. The monoisotopic (exact) mass is 269 g/mol. The molecular weight excluding hydrogens is 246 g/mol. The van der Waals surface area contributed by atoms with E-state index < -0.39 is 11.9 Å². The molecule has 5 unspecified atom stereocenters. The molecule has 2 amide bonds. The van der Waals surface area contributed by atoms with Gasteiger partial charge in [-0.25, -0.2) is 0 Å². The number of rotatable bonds is 2. The normalized spacial score (nSPS) is 39.3. The molecule has 2 fully saturated rings. The zero-order valence-corrected chi connectivity index (χ0v) is 11.8. The molecule has 6 nitrogen and oxygen atoms in total. The van der Waals surface area contributed by atoms with Crippen molar-refractivity contribution >= 4 is 11.8 Å². The van der Waals surface area contributed by atoms with Gasteiger partial charge in [0.05, 0.1) is 18.1 Å². The fourth-order valence-corrected chi connectivity index (χ4v) is 3.11. The first kappa shape index (κ1) is 14.3. The van der Waals surface area contributed by atoms with Gasteiger partial charge in [0.15, 0.2) is 0 Å².